The fraction of sp³-hybridized carbons (Fsp3) is 0.438. The Bertz CT molecular complexity index is 524. The highest BCUT2D eigenvalue weighted by Crippen LogP contribution is 2.25. The van der Waals surface area contributed by atoms with Gasteiger partial charge >= 0.3 is 0 Å². The largest absolute Gasteiger partial charge is 0.317 e. The molecule has 2 aromatic rings. The molecule has 3 rings (SSSR count). The highest BCUT2D eigenvalue weighted by Gasteiger charge is 2.19. The number of hydrogen-bond donors (Lipinski definition) is 1. The Hall–Kier alpha value is -1.61. The van der Waals surface area contributed by atoms with Crippen LogP contribution in [0.4, 0.5) is 0 Å². The van der Waals surface area contributed by atoms with Gasteiger partial charge in [0.25, 0.3) is 0 Å². The molecule has 3 heteroatoms. The zero-order valence-electron chi connectivity index (χ0n) is 11.5. The molecule has 0 unspecified atom stereocenters. The number of aryl methyl sites for hydroxylation is 1. The van der Waals surface area contributed by atoms with Gasteiger partial charge in [-0.15, -0.1) is 0 Å². The Labute approximate surface area is 114 Å². The molecule has 1 fully saturated rings. The first-order chi connectivity index (χ1) is 9.33. The number of piperidine rings is 1. The third-order valence-electron chi connectivity index (χ3n) is 3.95. The van der Waals surface area contributed by atoms with Crippen LogP contribution >= 0.6 is 0 Å². The molecule has 100 valence electrons. The molecule has 0 bridgehead atoms. The summed E-state index contributed by atoms with van der Waals surface area (Å²) in [6.07, 6.45) is 3.38. The molecule has 19 heavy (non-hydrogen) atoms. The van der Waals surface area contributed by atoms with E-state index < -0.39 is 0 Å². The van der Waals surface area contributed by atoms with Crippen molar-refractivity contribution in [1.82, 2.24) is 15.1 Å². The summed E-state index contributed by atoms with van der Waals surface area (Å²) in [6, 6.07) is 12.9. The molecule has 1 N–H and O–H groups in total. The molecular weight excluding hydrogens is 234 g/mol. The van der Waals surface area contributed by atoms with Gasteiger partial charge in [0.2, 0.25) is 0 Å². The van der Waals surface area contributed by atoms with E-state index in [1.165, 1.54) is 29.8 Å². The van der Waals surface area contributed by atoms with Crippen LogP contribution in [0.25, 0.3) is 0 Å². The van der Waals surface area contributed by atoms with Crippen molar-refractivity contribution in [2.45, 2.75) is 25.2 Å². The van der Waals surface area contributed by atoms with Gasteiger partial charge in [0.15, 0.2) is 0 Å². The van der Waals surface area contributed by atoms with Crippen molar-refractivity contribution in [3.8, 4) is 0 Å². The maximum absolute atomic E-state index is 4.68. The minimum Gasteiger partial charge on any atom is -0.317 e. The molecule has 0 saturated carbocycles. The Kier molecular flexibility index (Phi) is 3.65. The summed E-state index contributed by atoms with van der Waals surface area (Å²) in [5, 5.41) is 8.10. The van der Waals surface area contributed by atoms with E-state index in [2.05, 4.69) is 58.5 Å². The predicted molar refractivity (Wildman–Crippen MR) is 77.3 cm³/mol. The lowest BCUT2D eigenvalue weighted by Crippen LogP contribution is -2.27. The predicted octanol–water partition coefficient (Wildman–Crippen LogP) is 2.48. The van der Waals surface area contributed by atoms with Crippen molar-refractivity contribution in [1.29, 1.82) is 0 Å². The van der Waals surface area contributed by atoms with E-state index in [9.17, 15) is 0 Å². The maximum Gasteiger partial charge on any atom is 0.0671 e. The minimum atomic E-state index is 0.670. The summed E-state index contributed by atoms with van der Waals surface area (Å²) in [5.74, 6) is 0.670. The molecule has 2 heterocycles. The smallest absolute Gasteiger partial charge is 0.0671 e. The van der Waals surface area contributed by atoms with Gasteiger partial charge in [-0.25, -0.2) is 0 Å². The summed E-state index contributed by atoms with van der Waals surface area (Å²) in [7, 11) is 2.08. The van der Waals surface area contributed by atoms with Gasteiger partial charge in [-0.05, 0) is 37.6 Å². The maximum atomic E-state index is 4.68. The van der Waals surface area contributed by atoms with Gasteiger partial charge < -0.3 is 5.32 Å². The number of rotatable bonds is 3. The summed E-state index contributed by atoms with van der Waals surface area (Å²) in [4.78, 5) is 0. The van der Waals surface area contributed by atoms with E-state index in [0.29, 0.717) is 5.92 Å². The second kappa shape index (κ2) is 5.57. The van der Waals surface area contributed by atoms with E-state index in [4.69, 9.17) is 0 Å². The number of nitrogens with one attached hydrogen (secondary N) is 1. The van der Waals surface area contributed by atoms with E-state index >= 15 is 0 Å². The van der Waals surface area contributed by atoms with Crippen LogP contribution in [0.5, 0.6) is 0 Å². The lowest BCUT2D eigenvalue weighted by atomic mass is 9.94. The quantitative estimate of drug-likeness (QED) is 0.913. The van der Waals surface area contributed by atoms with Gasteiger partial charge in [-0.2, -0.15) is 5.10 Å². The number of benzene rings is 1. The summed E-state index contributed by atoms with van der Waals surface area (Å²) >= 11 is 0. The van der Waals surface area contributed by atoms with E-state index in [1.807, 2.05) is 0 Å². The Morgan fingerprint density at radius 3 is 2.68 bits per heavy atom. The molecule has 0 spiro atoms. The normalized spacial score (nSPS) is 16.7. The van der Waals surface area contributed by atoms with E-state index in [-0.39, 0.29) is 0 Å². The highest BCUT2D eigenvalue weighted by molar-refractivity contribution is 5.24. The second-order valence-electron chi connectivity index (χ2n) is 5.37. The Balaban J connectivity index is 1.77. The van der Waals surface area contributed by atoms with E-state index in [0.717, 1.165) is 19.5 Å². The summed E-state index contributed by atoms with van der Waals surface area (Å²) < 4.78 is 2.08. The molecule has 3 nitrogen and oxygen atoms in total. The zero-order valence-corrected chi connectivity index (χ0v) is 11.5. The third-order valence-corrected chi connectivity index (χ3v) is 3.95. The molecule has 1 aromatic carbocycles. The molecule has 1 aliphatic heterocycles. The van der Waals surface area contributed by atoms with Crippen LogP contribution in [0.2, 0.25) is 0 Å². The first-order valence-corrected chi connectivity index (χ1v) is 7.10. The number of hydrogen-bond acceptors (Lipinski definition) is 2. The van der Waals surface area contributed by atoms with Crippen molar-refractivity contribution < 1.29 is 0 Å². The lowest BCUT2D eigenvalue weighted by Gasteiger charge is -2.22. The van der Waals surface area contributed by atoms with Crippen LogP contribution < -0.4 is 5.32 Å². The van der Waals surface area contributed by atoms with Gasteiger partial charge in [-0.3, -0.25) is 4.68 Å². The number of nitrogens with zero attached hydrogens (tertiary/aromatic N) is 2. The third kappa shape index (κ3) is 2.87. The van der Waals surface area contributed by atoms with Gasteiger partial charge in [0.05, 0.1) is 5.69 Å². The SMILES string of the molecule is Cn1nc(Cc2ccccc2)cc1C1CCNCC1. The fourth-order valence-corrected chi connectivity index (χ4v) is 2.93. The molecule has 1 saturated heterocycles. The fourth-order valence-electron chi connectivity index (χ4n) is 2.93. The summed E-state index contributed by atoms with van der Waals surface area (Å²) in [5.41, 5.74) is 3.91. The van der Waals surface area contributed by atoms with Crippen molar-refractivity contribution in [3.05, 3.63) is 53.3 Å². The highest BCUT2D eigenvalue weighted by atomic mass is 15.3. The minimum absolute atomic E-state index is 0.670. The molecule has 0 radical (unpaired) electrons. The average molecular weight is 255 g/mol. The lowest BCUT2D eigenvalue weighted by molar-refractivity contribution is 0.440. The average Bonchev–Trinajstić information content (AvgIpc) is 2.82. The Morgan fingerprint density at radius 2 is 1.95 bits per heavy atom. The molecule has 0 atom stereocenters. The van der Waals surface area contributed by atoms with Crippen molar-refractivity contribution in [3.63, 3.8) is 0 Å². The molecular formula is C16H21N3. The molecule has 0 amide bonds. The first kappa shape index (κ1) is 12.4. The summed E-state index contributed by atoms with van der Waals surface area (Å²) in [6.45, 7) is 2.26. The van der Waals surface area contributed by atoms with Gasteiger partial charge in [0.1, 0.15) is 0 Å². The van der Waals surface area contributed by atoms with E-state index in [1.54, 1.807) is 0 Å². The Morgan fingerprint density at radius 1 is 1.21 bits per heavy atom. The van der Waals surface area contributed by atoms with Crippen LogP contribution in [0.1, 0.15) is 35.7 Å². The van der Waals surface area contributed by atoms with Crippen LogP contribution in [0.3, 0.4) is 0 Å². The number of aromatic nitrogens is 2. The second-order valence-corrected chi connectivity index (χ2v) is 5.37. The van der Waals surface area contributed by atoms with Crippen LogP contribution in [0, 0.1) is 0 Å². The van der Waals surface area contributed by atoms with Crippen LogP contribution in [-0.2, 0) is 13.5 Å². The zero-order chi connectivity index (χ0) is 13.1. The van der Waals surface area contributed by atoms with Crippen LogP contribution in [0.15, 0.2) is 36.4 Å². The van der Waals surface area contributed by atoms with Gasteiger partial charge in [0, 0.05) is 25.1 Å². The van der Waals surface area contributed by atoms with Gasteiger partial charge in [-0.1, -0.05) is 30.3 Å². The standard InChI is InChI=1S/C16H21N3/c1-19-16(14-7-9-17-10-8-14)12-15(18-19)11-13-5-3-2-4-6-13/h2-6,12,14,17H,7-11H2,1H3. The van der Waals surface area contributed by atoms with Crippen molar-refractivity contribution >= 4 is 0 Å². The monoisotopic (exact) mass is 255 g/mol. The van der Waals surface area contributed by atoms with Crippen molar-refractivity contribution in [2.75, 3.05) is 13.1 Å². The van der Waals surface area contributed by atoms with Crippen molar-refractivity contribution in [2.24, 2.45) is 7.05 Å². The van der Waals surface area contributed by atoms with Crippen LogP contribution in [-0.4, -0.2) is 22.9 Å². The first-order valence-electron chi connectivity index (χ1n) is 7.10. The molecule has 1 aliphatic rings. The topological polar surface area (TPSA) is 29.9 Å². The molecule has 0 aliphatic carbocycles. The molecule has 1 aromatic heterocycles.